The van der Waals surface area contributed by atoms with Crippen LogP contribution in [0, 0.1) is 6.92 Å². The third-order valence-corrected chi connectivity index (χ3v) is 4.47. The van der Waals surface area contributed by atoms with E-state index in [-0.39, 0.29) is 0 Å². The number of phenolic OH excluding ortho intramolecular Hbond substituents is 1. The maximum atomic E-state index is 10.0. The number of hydrogen-bond donors (Lipinski definition) is 2. The van der Waals surface area contributed by atoms with E-state index in [0.717, 1.165) is 16.6 Å². The highest BCUT2D eigenvalue weighted by Gasteiger charge is 2.06. The molecule has 1 nitrogen and oxygen atoms in total. The Morgan fingerprint density at radius 2 is 1.76 bits per heavy atom. The van der Waals surface area contributed by atoms with Crippen molar-refractivity contribution in [2.75, 3.05) is 0 Å². The lowest BCUT2D eigenvalue weighted by atomic mass is 10.2. The Morgan fingerprint density at radius 3 is 2.53 bits per heavy atom. The highest BCUT2D eigenvalue weighted by Crippen LogP contribution is 2.23. The molecule has 1 atom stereocenters. The van der Waals surface area contributed by atoms with Gasteiger partial charge in [-0.3, -0.25) is 0 Å². The Bertz CT molecular complexity index is 525. The van der Waals surface area contributed by atoms with Gasteiger partial charge >= 0.3 is 0 Å². The molecule has 0 aliphatic carbocycles. The minimum atomic E-state index is 0.416. The predicted octanol–water partition coefficient (Wildman–Crippen LogP) is 2.76. The van der Waals surface area contributed by atoms with E-state index in [9.17, 15) is 5.11 Å². The smallest absolute Gasteiger partial charge is 0.126 e. The first-order chi connectivity index (χ1) is 8.22. The van der Waals surface area contributed by atoms with Crippen LogP contribution >= 0.6 is 21.2 Å². The lowest BCUT2D eigenvalue weighted by molar-refractivity contribution is 0.475. The minimum Gasteiger partial charge on any atom is -0.507 e. The number of benzene rings is 2. The van der Waals surface area contributed by atoms with Crippen molar-refractivity contribution in [2.45, 2.75) is 12.7 Å². The van der Waals surface area contributed by atoms with Gasteiger partial charge in [0.05, 0.1) is 0 Å². The van der Waals surface area contributed by atoms with Crippen LogP contribution in [0.5, 0.6) is 5.75 Å². The summed E-state index contributed by atoms with van der Waals surface area (Å²) in [5, 5.41) is 12.3. The molecule has 0 fully saturated rings. The Labute approximate surface area is 109 Å². The zero-order valence-electron chi connectivity index (χ0n) is 9.64. The number of thiol groups is 1. The summed E-state index contributed by atoms with van der Waals surface area (Å²) < 4.78 is 0. The van der Waals surface area contributed by atoms with E-state index < -0.39 is 0 Å². The molecule has 1 unspecified atom stereocenters. The first-order valence-electron chi connectivity index (χ1n) is 5.46. The van der Waals surface area contributed by atoms with Crippen LogP contribution in [-0.2, 0) is 5.75 Å². The molecule has 0 saturated heterocycles. The first-order valence-corrected chi connectivity index (χ1v) is 7.10. The van der Waals surface area contributed by atoms with Crippen molar-refractivity contribution in [3.8, 4) is 5.75 Å². The molecule has 2 aromatic carbocycles. The van der Waals surface area contributed by atoms with Crippen LogP contribution in [0.15, 0.2) is 42.5 Å². The SMILES string of the molecule is Cc1cccc(Pc2ccccc2CS)c1O. The molecule has 3 heteroatoms. The molecule has 0 aromatic heterocycles. The van der Waals surface area contributed by atoms with Crippen LogP contribution < -0.4 is 10.6 Å². The van der Waals surface area contributed by atoms with Crippen molar-refractivity contribution in [2.24, 2.45) is 0 Å². The summed E-state index contributed by atoms with van der Waals surface area (Å²) in [6.07, 6.45) is 0. The van der Waals surface area contributed by atoms with Crippen molar-refractivity contribution >= 4 is 31.8 Å². The van der Waals surface area contributed by atoms with Crippen LogP contribution in [0.4, 0.5) is 0 Å². The van der Waals surface area contributed by atoms with Gasteiger partial charge in [0.15, 0.2) is 0 Å². The minimum absolute atomic E-state index is 0.416. The zero-order valence-corrected chi connectivity index (χ0v) is 11.5. The van der Waals surface area contributed by atoms with E-state index in [1.165, 1.54) is 10.9 Å². The summed E-state index contributed by atoms with van der Waals surface area (Å²) in [6, 6.07) is 14.1. The molecule has 1 N–H and O–H groups in total. The van der Waals surface area contributed by atoms with Crippen molar-refractivity contribution in [1.29, 1.82) is 0 Å². The highest BCUT2D eigenvalue weighted by molar-refractivity contribution is 7.79. The molecular formula is C14H15OPS. The fraction of sp³-hybridized carbons (Fsp3) is 0.143. The monoisotopic (exact) mass is 262 g/mol. The van der Waals surface area contributed by atoms with Gasteiger partial charge in [0, 0.05) is 11.1 Å². The van der Waals surface area contributed by atoms with Gasteiger partial charge in [-0.15, -0.1) is 0 Å². The van der Waals surface area contributed by atoms with Crippen molar-refractivity contribution in [3.63, 3.8) is 0 Å². The lowest BCUT2D eigenvalue weighted by Crippen LogP contribution is -2.08. The summed E-state index contributed by atoms with van der Waals surface area (Å²) in [7, 11) is 0.479. The standard InChI is InChI=1S/C14H15OPS/c1-10-5-4-8-13(14(10)15)16-12-7-3-2-6-11(12)9-17/h2-8,15-17H,9H2,1H3. The maximum Gasteiger partial charge on any atom is 0.126 e. The van der Waals surface area contributed by atoms with Gasteiger partial charge in [0.1, 0.15) is 5.75 Å². The molecule has 0 heterocycles. The van der Waals surface area contributed by atoms with E-state index >= 15 is 0 Å². The number of rotatable bonds is 3. The second-order valence-corrected chi connectivity index (χ2v) is 5.55. The van der Waals surface area contributed by atoms with Crippen molar-refractivity contribution in [3.05, 3.63) is 53.6 Å². The number of aryl methyl sites for hydroxylation is 1. The van der Waals surface area contributed by atoms with E-state index in [0.29, 0.717) is 14.3 Å². The van der Waals surface area contributed by atoms with Gasteiger partial charge < -0.3 is 5.11 Å². The summed E-state index contributed by atoms with van der Waals surface area (Å²) in [5.74, 6) is 1.15. The number of aromatic hydroxyl groups is 1. The Morgan fingerprint density at radius 1 is 1.06 bits per heavy atom. The molecule has 0 aliphatic heterocycles. The normalized spacial score (nSPS) is 11.2. The maximum absolute atomic E-state index is 10.0. The molecule has 0 radical (unpaired) electrons. The molecular weight excluding hydrogens is 247 g/mol. The zero-order chi connectivity index (χ0) is 12.3. The molecule has 0 amide bonds. The average molecular weight is 262 g/mol. The molecule has 2 rings (SSSR count). The number of hydrogen-bond acceptors (Lipinski definition) is 2. The van der Waals surface area contributed by atoms with Gasteiger partial charge in [0.25, 0.3) is 0 Å². The van der Waals surface area contributed by atoms with E-state index in [1.54, 1.807) is 0 Å². The Kier molecular flexibility index (Phi) is 4.09. The van der Waals surface area contributed by atoms with E-state index in [1.807, 2.05) is 37.3 Å². The average Bonchev–Trinajstić information content (AvgIpc) is 2.35. The van der Waals surface area contributed by atoms with Crippen LogP contribution in [0.1, 0.15) is 11.1 Å². The van der Waals surface area contributed by atoms with Gasteiger partial charge in [-0.25, -0.2) is 0 Å². The number of phenols is 1. The van der Waals surface area contributed by atoms with E-state index in [2.05, 4.69) is 24.8 Å². The molecule has 88 valence electrons. The summed E-state index contributed by atoms with van der Waals surface area (Å²) in [6.45, 7) is 1.92. The van der Waals surface area contributed by atoms with E-state index in [4.69, 9.17) is 0 Å². The molecule has 2 aromatic rings. The van der Waals surface area contributed by atoms with Gasteiger partial charge in [-0.2, -0.15) is 12.6 Å². The van der Waals surface area contributed by atoms with Crippen LogP contribution in [0.3, 0.4) is 0 Å². The van der Waals surface area contributed by atoms with Crippen LogP contribution in [0.25, 0.3) is 0 Å². The first kappa shape index (κ1) is 12.5. The van der Waals surface area contributed by atoms with Gasteiger partial charge in [-0.1, -0.05) is 51.0 Å². The van der Waals surface area contributed by atoms with Gasteiger partial charge in [0.2, 0.25) is 0 Å². The largest absolute Gasteiger partial charge is 0.507 e. The van der Waals surface area contributed by atoms with Gasteiger partial charge in [-0.05, 0) is 23.4 Å². The quantitative estimate of drug-likeness (QED) is 0.644. The van der Waals surface area contributed by atoms with Crippen LogP contribution in [0.2, 0.25) is 0 Å². The molecule has 0 saturated carbocycles. The summed E-state index contributed by atoms with van der Waals surface area (Å²) >= 11 is 4.33. The highest BCUT2D eigenvalue weighted by atomic mass is 32.1. The summed E-state index contributed by atoms with van der Waals surface area (Å²) in [4.78, 5) is 0. The van der Waals surface area contributed by atoms with Crippen molar-refractivity contribution < 1.29 is 5.11 Å². The molecule has 17 heavy (non-hydrogen) atoms. The second-order valence-electron chi connectivity index (χ2n) is 3.91. The third kappa shape index (κ3) is 2.83. The second kappa shape index (κ2) is 5.57. The fourth-order valence-electron chi connectivity index (χ4n) is 1.69. The number of para-hydroxylation sites is 1. The Hall–Kier alpha value is -0.980. The summed E-state index contributed by atoms with van der Waals surface area (Å²) in [5.41, 5.74) is 2.16. The predicted molar refractivity (Wildman–Crippen MR) is 79.6 cm³/mol. The molecule has 0 aliphatic rings. The Balaban J connectivity index is 2.35. The fourth-order valence-corrected chi connectivity index (χ4v) is 3.41. The van der Waals surface area contributed by atoms with Crippen LogP contribution in [-0.4, -0.2) is 5.11 Å². The lowest BCUT2D eigenvalue weighted by Gasteiger charge is -2.10. The van der Waals surface area contributed by atoms with Crippen molar-refractivity contribution in [1.82, 2.24) is 0 Å². The molecule has 0 bridgehead atoms. The topological polar surface area (TPSA) is 20.2 Å². The molecule has 0 spiro atoms. The third-order valence-electron chi connectivity index (χ3n) is 2.69.